The van der Waals surface area contributed by atoms with E-state index in [1.807, 2.05) is 30.0 Å². The van der Waals surface area contributed by atoms with Gasteiger partial charge in [0.2, 0.25) is 5.88 Å². The Morgan fingerprint density at radius 2 is 2.00 bits per heavy atom. The van der Waals surface area contributed by atoms with Crippen molar-refractivity contribution in [1.29, 1.82) is 0 Å². The van der Waals surface area contributed by atoms with Crippen LogP contribution in [0.4, 0.5) is 0 Å². The molecule has 0 bridgehead atoms. The van der Waals surface area contributed by atoms with Crippen molar-refractivity contribution in [2.45, 2.75) is 23.6 Å². The summed E-state index contributed by atoms with van der Waals surface area (Å²) < 4.78 is 5.26. The summed E-state index contributed by atoms with van der Waals surface area (Å²) in [6, 6.07) is 14.3. The van der Waals surface area contributed by atoms with Gasteiger partial charge in [-0.15, -0.1) is 11.8 Å². The number of nitrogens with one attached hydrogen (secondary N) is 2. The molecule has 0 saturated heterocycles. The number of aromatic nitrogens is 1. The van der Waals surface area contributed by atoms with Gasteiger partial charge >= 0.3 is 0 Å². The van der Waals surface area contributed by atoms with Gasteiger partial charge < -0.3 is 15.4 Å². The summed E-state index contributed by atoms with van der Waals surface area (Å²) in [5.41, 5.74) is 0.995. The summed E-state index contributed by atoms with van der Waals surface area (Å²) >= 11 is 1.84. The Balaban J connectivity index is 1.80. The summed E-state index contributed by atoms with van der Waals surface area (Å²) in [7, 11) is 3.40. The molecule has 1 aromatic carbocycles. The Bertz CT molecular complexity index is 648. The van der Waals surface area contributed by atoms with Gasteiger partial charge in [-0.05, 0) is 18.2 Å². The van der Waals surface area contributed by atoms with Gasteiger partial charge in [-0.25, -0.2) is 4.98 Å². The van der Waals surface area contributed by atoms with Crippen LogP contribution in [0.1, 0.15) is 12.5 Å². The second kappa shape index (κ2) is 9.82. The molecule has 1 heterocycles. The maximum absolute atomic E-state index is 5.26. The van der Waals surface area contributed by atoms with Crippen LogP contribution in [0.3, 0.4) is 0 Å². The van der Waals surface area contributed by atoms with Crippen LogP contribution in [0, 0.1) is 0 Å². The molecule has 0 amide bonds. The van der Waals surface area contributed by atoms with Crippen molar-refractivity contribution < 1.29 is 4.74 Å². The fourth-order valence-electron chi connectivity index (χ4n) is 2.16. The smallest absolute Gasteiger partial charge is 0.218 e. The van der Waals surface area contributed by atoms with Crippen molar-refractivity contribution in [1.82, 2.24) is 15.6 Å². The fourth-order valence-corrected chi connectivity index (χ4v) is 3.10. The molecular formula is C18H24N4OS. The molecule has 1 atom stereocenters. The predicted molar refractivity (Wildman–Crippen MR) is 101 cm³/mol. The largest absolute Gasteiger partial charge is 0.481 e. The lowest BCUT2D eigenvalue weighted by Gasteiger charge is -2.16. The number of guanidine groups is 1. The first-order valence-corrected chi connectivity index (χ1v) is 8.75. The van der Waals surface area contributed by atoms with Crippen LogP contribution in [-0.2, 0) is 6.54 Å². The standard InChI is InChI=1S/C18H24N4OS/c1-14(24-16-9-5-4-6-10-16)12-21-18(19-2)22-13-15-8-7-11-20-17(15)23-3/h4-11,14H,12-13H2,1-3H3,(H2,19,21,22). The lowest BCUT2D eigenvalue weighted by atomic mass is 10.2. The van der Waals surface area contributed by atoms with E-state index in [2.05, 4.69) is 51.8 Å². The second-order valence-electron chi connectivity index (χ2n) is 5.22. The predicted octanol–water partition coefficient (Wildman–Crippen LogP) is 2.94. The van der Waals surface area contributed by atoms with Crippen LogP contribution in [0.5, 0.6) is 5.88 Å². The number of aliphatic imine (C=N–C) groups is 1. The topological polar surface area (TPSA) is 58.5 Å². The van der Waals surface area contributed by atoms with E-state index in [-0.39, 0.29) is 0 Å². The Morgan fingerprint density at radius 1 is 1.21 bits per heavy atom. The zero-order chi connectivity index (χ0) is 17.2. The first kappa shape index (κ1) is 18.1. The first-order chi connectivity index (χ1) is 11.7. The van der Waals surface area contributed by atoms with Crippen LogP contribution in [0.15, 0.2) is 58.5 Å². The van der Waals surface area contributed by atoms with Crippen LogP contribution in [0.2, 0.25) is 0 Å². The zero-order valence-corrected chi connectivity index (χ0v) is 15.1. The molecule has 128 valence electrons. The maximum atomic E-state index is 5.26. The second-order valence-corrected chi connectivity index (χ2v) is 6.73. The number of pyridine rings is 1. The molecule has 6 heteroatoms. The molecular weight excluding hydrogens is 320 g/mol. The highest BCUT2D eigenvalue weighted by Gasteiger charge is 2.07. The number of rotatable bonds is 7. The average molecular weight is 344 g/mol. The van der Waals surface area contributed by atoms with Gasteiger partial charge in [0.05, 0.1) is 7.11 Å². The Labute approximate surface area is 147 Å². The maximum Gasteiger partial charge on any atom is 0.218 e. The molecule has 0 fully saturated rings. The van der Waals surface area contributed by atoms with Gasteiger partial charge in [-0.3, -0.25) is 4.99 Å². The van der Waals surface area contributed by atoms with E-state index >= 15 is 0 Å². The number of benzene rings is 1. The molecule has 2 rings (SSSR count). The number of hydrogen-bond acceptors (Lipinski definition) is 4. The summed E-state index contributed by atoms with van der Waals surface area (Å²) in [5.74, 6) is 1.40. The Morgan fingerprint density at radius 3 is 2.71 bits per heavy atom. The van der Waals surface area contributed by atoms with E-state index in [1.54, 1.807) is 20.4 Å². The SMILES string of the molecule is CN=C(NCc1cccnc1OC)NCC(C)Sc1ccccc1. The van der Waals surface area contributed by atoms with Gasteiger partial charge in [-0.1, -0.05) is 31.2 Å². The molecule has 0 spiro atoms. The van der Waals surface area contributed by atoms with Crippen molar-refractivity contribution in [3.8, 4) is 5.88 Å². The molecule has 24 heavy (non-hydrogen) atoms. The molecule has 0 saturated carbocycles. The van der Waals surface area contributed by atoms with Gasteiger partial charge in [0.15, 0.2) is 5.96 Å². The summed E-state index contributed by atoms with van der Waals surface area (Å²) in [4.78, 5) is 9.73. The average Bonchev–Trinajstić information content (AvgIpc) is 2.63. The minimum atomic E-state index is 0.430. The Hall–Kier alpha value is -2.21. The number of hydrogen-bond donors (Lipinski definition) is 2. The number of methoxy groups -OCH3 is 1. The monoisotopic (exact) mass is 344 g/mol. The molecule has 1 aromatic heterocycles. The van der Waals surface area contributed by atoms with Crippen molar-refractivity contribution in [2.75, 3.05) is 20.7 Å². The van der Waals surface area contributed by atoms with Crippen LogP contribution in [0.25, 0.3) is 0 Å². The molecule has 5 nitrogen and oxygen atoms in total. The highest BCUT2D eigenvalue weighted by molar-refractivity contribution is 8.00. The summed E-state index contributed by atoms with van der Waals surface area (Å²) in [6.07, 6.45) is 1.72. The van der Waals surface area contributed by atoms with Crippen molar-refractivity contribution in [2.24, 2.45) is 4.99 Å². The summed E-state index contributed by atoms with van der Waals surface area (Å²) in [6.45, 7) is 3.63. The fraction of sp³-hybridized carbons (Fsp3) is 0.333. The minimum Gasteiger partial charge on any atom is -0.481 e. The third-order valence-electron chi connectivity index (χ3n) is 3.35. The van der Waals surface area contributed by atoms with E-state index in [0.717, 1.165) is 18.1 Å². The number of nitrogens with zero attached hydrogens (tertiary/aromatic N) is 2. The van der Waals surface area contributed by atoms with Crippen molar-refractivity contribution in [3.63, 3.8) is 0 Å². The van der Waals surface area contributed by atoms with Gasteiger partial charge in [0.1, 0.15) is 0 Å². The van der Waals surface area contributed by atoms with E-state index < -0.39 is 0 Å². The van der Waals surface area contributed by atoms with E-state index in [0.29, 0.717) is 17.7 Å². The zero-order valence-electron chi connectivity index (χ0n) is 14.3. The number of thioether (sulfide) groups is 1. The van der Waals surface area contributed by atoms with Crippen LogP contribution in [-0.4, -0.2) is 36.9 Å². The van der Waals surface area contributed by atoms with Crippen LogP contribution >= 0.6 is 11.8 Å². The lowest BCUT2D eigenvalue weighted by Crippen LogP contribution is -2.39. The van der Waals surface area contributed by atoms with Gasteiger partial charge in [0, 0.05) is 42.0 Å². The first-order valence-electron chi connectivity index (χ1n) is 7.87. The van der Waals surface area contributed by atoms with E-state index in [4.69, 9.17) is 4.74 Å². The third-order valence-corrected chi connectivity index (χ3v) is 4.46. The molecule has 2 N–H and O–H groups in total. The molecule has 1 unspecified atom stereocenters. The van der Waals surface area contributed by atoms with E-state index in [9.17, 15) is 0 Å². The molecule has 0 radical (unpaired) electrons. The van der Waals surface area contributed by atoms with Gasteiger partial charge in [0.25, 0.3) is 0 Å². The summed E-state index contributed by atoms with van der Waals surface area (Å²) in [5, 5.41) is 7.07. The molecule has 0 aliphatic rings. The Kier molecular flexibility index (Phi) is 7.42. The number of ether oxygens (including phenoxy) is 1. The highest BCUT2D eigenvalue weighted by Crippen LogP contribution is 2.21. The normalized spacial score (nSPS) is 12.5. The molecule has 0 aliphatic heterocycles. The molecule has 0 aliphatic carbocycles. The van der Waals surface area contributed by atoms with Crippen LogP contribution < -0.4 is 15.4 Å². The molecule has 2 aromatic rings. The quantitative estimate of drug-likeness (QED) is 0.459. The minimum absolute atomic E-state index is 0.430. The third kappa shape index (κ3) is 5.77. The van der Waals surface area contributed by atoms with Gasteiger partial charge in [-0.2, -0.15) is 0 Å². The van der Waals surface area contributed by atoms with Crippen molar-refractivity contribution in [3.05, 3.63) is 54.2 Å². The van der Waals surface area contributed by atoms with E-state index in [1.165, 1.54) is 4.90 Å². The lowest BCUT2D eigenvalue weighted by molar-refractivity contribution is 0.392. The highest BCUT2D eigenvalue weighted by atomic mass is 32.2. The van der Waals surface area contributed by atoms with Crippen molar-refractivity contribution >= 4 is 17.7 Å².